The molecule has 2 fully saturated rings. The fourth-order valence-corrected chi connectivity index (χ4v) is 3.37. The van der Waals surface area contributed by atoms with Gasteiger partial charge in [-0.05, 0) is 25.0 Å². The zero-order valence-electron chi connectivity index (χ0n) is 14.9. The highest BCUT2D eigenvalue weighted by atomic mass is 16.2. The van der Waals surface area contributed by atoms with Gasteiger partial charge in [0.15, 0.2) is 0 Å². The molecule has 1 aromatic heterocycles. The molecular formula is C19H25N5O2. The largest absolute Gasteiger partial charge is 0.352 e. The molecule has 0 atom stereocenters. The molecule has 2 amide bonds. The normalized spacial score (nSPS) is 18.2. The third kappa shape index (κ3) is 4.22. The Labute approximate surface area is 152 Å². The number of aromatic amines is 1. The first-order valence-corrected chi connectivity index (χ1v) is 9.40. The molecule has 26 heavy (non-hydrogen) atoms. The van der Waals surface area contributed by atoms with E-state index in [0.29, 0.717) is 38.5 Å². The summed E-state index contributed by atoms with van der Waals surface area (Å²) in [6, 6.07) is 8.30. The second-order valence-electron chi connectivity index (χ2n) is 7.20. The van der Waals surface area contributed by atoms with Crippen molar-refractivity contribution < 1.29 is 9.59 Å². The highest BCUT2D eigenvalue weighted by molar-refractivity contribution is 5.79. The standard InChI is InChI=1S/C19H25N5O2/c25-18(20-14-5-6-14)13-23-9-11-24(12-10-23)19(26)8-7-17-21-15-3-1-2-4-16(15)22-17/h1-4,14H,5-13H2,(H,20,25)(H,21,22). The minimum Gasteiger partial charge on any atom is -0.352 e. The lowest BCUT2D eigenvalue weighted by Gasteiger charge is -2.34. The summed E-state index contributed by atoms with van der Waals surface area (Å²) in [6.07, 6.45) is 3.30. The van der Waals surface area contributed by atoms with Crippen molar-refractivity contribution in [3.05, 3.63) is 30.1 Å². The van der Waals surface area contributed by atoms with Crippen LogP contribution in [0.25, 0.3) is 11.0 Å². The summed E-state index contributed by atoms with van der Waals surface area (Å²) in [5.41, 5.74) is 1.95. The summed E-state index contributed by atoms with van der Waals surface area (Å²) >= 11 is 0. The maximum Gasteiger partial charge on any atom is 0.234 e. The molecule has 1 aliphatic carbocycles. The van der Waals surface area contributed by atoms with Gasteiger partial charge in [0, 0.05) is 45.1 Å². The maximum atomic E-state index is 12.5. The molecule has 0 radical (unpaired) electrons. The van der Waals surface area contributed by atoms with E-state index in [1.165, 1.54) is 0 Å². The summed E-state index contributed by atoms with van der Waals surface area (Å²) in [4.78, 5) is 36.1. The minimum absolute atomic E-state index is 0.108. The van der Waals surface area contributed by atoms with Crippen LogP contribution in [0.2, 0.25) is 0 Å². The number of nitrogens with one attached hydrogen (secondary N) is 2. The Bertz CT molecular complexity index is 757. The first kappa shape index (κ1) is 17.0. The van der Waals surface area contributed by atoms with Crippen LogP contribution in [0, 0.1) is 0 Å². The van der Waals surface area contributed by atoms with Crippen LogP contribution in [0.3, 0.4) is 0 Å². The van der Waals surface area contributed by atoms with Crippen LogP contribution in [0.4, 0.5) is 0 Å². The lowest BCUT2D eigenvalue weighted by atomic mass is 10.2. The molecule has 138 valence electrons. The molecule has 0 bridgehead atoms. The van der Waals surface area contributed by atoms with Gasteiger partial charge in [-0.25, -0.2) is 4.98 Å². The van der Waals surface area contributed by atoms with Gasteiger partial charge in [0.05, 0.1) is 17.6 Å². The van der Waals surface area contributed by atoms with Crippen molar-refractivity contribution in [1.29, 1.82) is 0 Å². The van der Waals surface area contributed by atoms with Gasteiger partial charge >= 0.3 is 0 Å². The van der Waals surface area contributed by atoms with Gasteiger partial charge in [-0.3, -0.25) is 14.5 Å². The highest BCUT2D eigenvalue weighted by Crippen LogP contribution is 2.18. The van der Waals surface area contributed by atoms with Gasteiger partial charge in [-0.2, -0.15) is 0 Å². The molecule has 4 rings (SSSR count). The molecular weight excluding hydrogens is 330 g/mol. The molecule has 2 N–H and O–H groups in total. The number of fused-ring (bicyclic) bond motifs is 1. The molecule has 0 unspecified atom stereocenters. The summed E-state index contributed by atoms with van der Waals surface area (Å²) < 4.78 is 0. The molecule has 1 saturated heterocycles. The predicted octanol–water partition coefficient (Wildman–Crippen LogP) is 0.918. The fraction of sp³-hybridized carbons (Fsp3) is 0.526. The van der Waals surface area contributed by atoms with Crippen molar-refractivity contribution in [3.8, 4) is 0 Å². The van der Waals surface area contributed by atoms with Crippen LogP contribution in [0.15, 0.2) is 24.3 Å². The van der Waals surface area contributed by atoms with Crippen molar-refractivity contribution in [1.82, 2.24) is 25.1 Å². The van der Waals surface area contributed by atoms with E-state index in [9.17, 15) is 9.59 Å². The number of imidazole rings is 1. The Hall–Kier alpha value is -2.41. The van der Waals surface area contributed by atoms with Gasteiger partial charge in [0.2, 0.25) is 11.8 Å². The zero-order valence-corrected chi connectivity index (χ0v) is 14.9. The number of rotatable bonds is 6. The second-order valence-corrected chi connectivity index (χ2v) is 7.20. The van der Waals surface area contributed by atoms with E-state index in [1.54, 1.807) is 0 Å². The number of benzene rings is 1. The van der Waals surface area contributed by atoms with E-state index < -0.39 is 0 Å². The number of aromatic nitrogens is 2. The Morgan fingerprint density at radius 2 is 1.92 bits per heavy atom. The molecule has 0 spiro atoms. The van der Waals surface area contributed by atoms with Crippen LogP contribution in [-0.2, 0) is 16.0 Å². The van der Waals surface area contributed by atoms with E-state index in [0.717, 1.165) is 42.8 Å². The van der Waals surface area contributed by atoms with E-state index in [2.05, 4.69) is 20.2 Å². The number of carbonyl (C=O) groups excluding carboxylic acids is 2. The van der Waals surface area contributed by atoms with E-state index in [4.69, 9.17) is 0 Å². The number of hydrogen-bond donors (Lipinski definition) is 2. The number of carbonyl (C=O) groups is 2. The molecule has 2 heterocycles. The van der Waals surface area contributed by atoms with Crippen molar-refractivity contribution >= 4 is 22.8 Å². The van der Waals surface area contributed by atoms with Crippen LogP contribution in [-0.4, -0.2) is 70.3 Å². The number of nitrogens with zero attached hydrogens (tertiary/aromatic N) is 3. The number of piperazine rings is 1. The average molecular weight is 355 g/mol. The number of amides is 2. The number of aryl methyl sites for hydroxylation is 1. The first-order valence-electron chi connectivity index (χ1n) is 9.40. The lowest BCUT2D eigenvalue weighted by Crippen LogP contribution is -2.51. The topological polar surface area (TPSA) is 81.3 Å². The number of para-hydroxylation sites is 2. The summed E-state index contributed by atoms with van der Waals surface area (Å²) in [5, 5.41) is 3.01. The molecule has 1 saturated carbocycles. The van der Waals surface area contributed by atoms with Crippen LogP contribution < -0.4 is 5.32 Å². The van der Waals surface area contributed by atoms with Crippen molar-refractivity contribution in [2.24, 2.45) is 0 Å². The Balaban J connectivity index is 1.21. The summed E-state index contributed by atoms with van der Waals surface area (Å²) in [7, 11) is 0. The summed E-state index contributed by atoms with van der Waals surface area (Å²) in [5.74, 6) is 1.12. The second kappa shape index (κ2) is 7.45. The van der Waals surface area contributed by atoms with Crippen molar-refractivity contribution in [2.75, 3.05) is 32.7 Å². The fourth-order valence-electron chi connectivity index (χ4n) is 3.37. The molecule has 1 aliphatic heterocycles. The van der Waals surface area contributed by atoms with Crippen molar-refractivity contribution in [3.63, 3.8) is 0 Å². The van der Waals surface area contributed by atoms with Gasteiger partial charge in [0.1, 0.15) is 5.82 Å². The molecule has 2 aliphatic rings. The first-order chi connectivity index (χ1) is 12.7. The number of H-pyrrole nitrogens is 1. The lowest BCUT2D eigenvalue weighted by molar-refractivity contribution is -0.133. The average Bonchev–Trinajstić information content (AvgIpc) is 3.35. The van der Waals surface area contributed by atoms with Gasteiger partial charge in [0.25, 0.3) is 0 Å². The Kier molecular flexibility index (Phi) is 4.88. The molecule has 2 aromatic rings. The van der Waals surface area contributed by atoms with E-state index in [1.807, 2.05) is 29.2 Å². The molecule has 7 heteroatoms. The smallest absolute Gasteiger partial charge is 0.234 e. The van der Waals surface area contributed by atoms with Gasteiger partial charge in [-0.1, -0.05) is 12.1 Å². The predicted molar refractivity (Wildman–Crippen MR) is 98.6 cm³/mol. The number of hydrogen-bond acceptors (Lipinski definition) is 4. The van der Waals surface area contributed by atoms with E-state index in [-0.39, 0.29) is 11.8 Å². The van der Waals surface area contributed by atoms with Gasteiger partial charge in [-0.15, -0.1) is 0 Å². The van der Waals surface area contributed by atoms with Crippen LogP contribution in [0.5, 0.6) is 0 Å². The monoisotopic (exact) mass is 355 g/mol. The third-order valence-electron chi connectivity index (χ3n) is 5.05. The zero-order chi connectivity index (χ0) is 17.9. The van der Waals surface area contributed by atoms with E-state index >= 15 is 0 Å². The van der Waals surface area contributed by atoms with Crippen molar-refractivity contribution in [2.45, 2.75) is 31.7 Å². The van der Waals surface area contributed by atoms with Gasteiger partial charge < -0.3 is 15.2 Å². The summed E-state index contributed by atoms with van der Waals surface area (Å²) in [6.45, 7) is 3.34. The maximum absolute atomic E-state index is 12.5. The minimum atomic E-state index is 0.108. The third-order valence-corrected chi connectivity index (χ3v) is 5.05. The molecule has 1 aromatic carbocycles. The SMILES string of the molecule is O=C(CN1CCN(C(=O)CCc2nc3ccccc3[nH]2)CC1)NC1CC1. The quantitative estimate of drug-likeness (QED) is 0.807. The Morgan fingerprint density at radius 3 is 2.65 bits per heavy atom. The van der Waals surface area contributed by atoms with Crippen LogP contribution >= 0.6 is 0 Å². The van der Waals surface area contributed by atoms with Crippen LogP contribution in [0.1, 0.15) is 25.1 Å². The highest BCUT2D eigenvalue weighted by Gasteiger charge is 2.26. The molecule has 7 nitrogen and oxygen atoms in total. The Morgan fingerprint density at radius 1 is 1.15 bits per heavy atom.